The van der Waals surface area contributed by atoms with Crippen LogP contribution in [0.3, 0.4) is 0 Å². The molecule has 0 saturated heterocycles. The number of thiophene rings is 1. The van der Waals surface area contributed by atoms with Gasteiger partial charge in [0.1, 0.15) is 4.88 Å². The Labute approximate surface area is 268 Å². The number of nitrogens with one attached hydrogen (secondary N) is 1. The minimum atomic E-state index is -0.143. The predicted molar refractivity (Wildman–Crippen MR) is 174 cm³/mol. The van der Waals surface area contributed by atoms with Crippen LogP contribution in [0.4, 0.5) is 0 Å². The summed E-state index contributed by atoms with van der Waals surface area (Å²) in [6, 6.07) is 19.1. The van der Waals surface area contributed by atoms with Crippen LogP contribution in [0.15, 0.2) is 85.5 Å². The number of hydrogen-bond acceptors (Lipinski definition) is 5. The Kier molecular flexibility index (Phi) is 8.96. The van der Waals surface area contributed by atoms with Crippen LogP contribution in [0.2, 0.25) is 15.1 Å². The zero-order chi connectivity index (χ0) is 29.9. The zero-order valence-corrected chi connectivity index (χ0v) is 26.1. The highest BCUT2D eigenvalue weighted by Gasteiger charge is 2.33. The van der Waals surface area contributed by atoms with E-state index in [1.807, 2.05) is 29.2 Å². The Hall–Kier alpha value is -3.49. The lowest BCUT2D eigenvalue weighted by Crippen LogP contribution is -2.45. The second-order valence-corrected chi connectivity index (χ2v) is 12.8. The highest BCUT2D eigenvalue weighted by molar-refractivity contribution is 7.22. The monoisotopic (exact) mass is 648 g/mol. The van der Waals surface area contributed by atoms with Crippen molar-refractivity contribution in [2.75, 3.05) is 0 Å². The maximum absolute atomic E-state index is 14.3. The van der Waals surface area contributed by atoms with Gasteiger partial charge in [-0.15, -0.1) is 11.3 Å². The molecule has 3 aromatic heterocycles. The van der Waals surface area contributed by atoms with Crippen LogP contribution in [0, 0.1) is 0 Å². The van der Waals surface area contributed by atoms with Gasteiger partial charge in [-0.1, -0.05) is 59.1 Å². The Morgan fingerprint density at radius 2 is 1.65 bits per heavy atom. The number of benzene rings is 2. The van der Waals surface area contributed by atoms with E-state index < -0.39 is 0 Å². The third-order valence-corrected chi connectivity index (χ3v) is 10.5. The molecule has 2 aromatic carbocycles. The Morgan fingerprint density at radius 1 is 0.860 bits per heavy atom. The Bertz CT molecular complexity index is 1770. The second-order valence-electron chi connectivity index (χ2n) is 10.6. The van der Waals surface area contributed by atoms with Gasteiger partial charge in [-0.25, -0.2) is 0 Å². The lowest BCUT2D eigenvalue weighted by Gasteiger charge is -2.37. The molecule has 3 heterocycles. The number of hydrogen-bond donors (Lipinski definition) is 1. The van der Waals surface area contributed by atoms with E-state index in [1.165, 1.54) is 11.3 Å². The first kappa shape index (κ1) is 29.6. The first-order valence-corrected chi connectivity index (χ1v) is 15.9. The number of carbonyl (C=O) groups is 2. The molecule has 0 spiro atoms. The molecular weight excluding hydrogens is 623 g/mol. The van der Waals surface area contributed by atoms with Crippen molar-refractivity contribution in [3.05, 3.63) is 117 Å². The van der Waals surface area contributed by atoms with Crippen molar-refractivity contribution >= 4 is 68.0 Å². The molecule has 1 aliphatic rings. The maximum atomic E-state index is 14.3. The summed E-state index contributed by atoms with van der Waals surface area (Å²) < 4.78 is 0.698. The van der Waals surface area contributed by atoms with Gasteiger partial charge in [0.05, 0.1) is 25.3 Å². The third kappa shape index (κ3) is 6.41. The standard InChI is InChI=1S/C33H27Cl3N4O2S/c34-27-11-10-26-28(35)31(43-30(26)29(27)36)33(42)40(19-20-3-1-4-22(17-20)21-12-15-37-16-13-21)25-8-6-24(7-9-25)39-32(41)23-5-2-14-38-18-23/h1-5,10-18,24-25H,6-9,19H2,(H,39,41). The molecule has 0 atom stereocenters. The van der Waals surface area contributed by atoms with Gasteiger partial charge in [0.25, 0.3) is 11.8 Å². The molecule has 1 fully saturated rings. The number of rotatable bonds is 7. The summed E-state index contributed by atoms with van der Waals surface area (Å²) in [5, 5.41) is 5.05. The van der Waals surface area contributed by atoms with Crippen LogP contribution >= 0.6 is 46.1 Å². The highest BCUT2D eigenvalue weighted by Crippen LogP contribution is 2.43. The smallest absolute Gasteiger partial charge is 0.266 e. The van der Waals surface area contributed by atoms with E-state index in [2.05, 4.69) is 27.4 Å². The quantitative estimate of drug-likeness (QED) is 0.191. The zero-order valence-electron chi connectivity index (χ0n) is 23.0. The van der Waals surface area contributed by atoms with Crippen molar-refractivity contribution in [3.63, 3.8) is 0 Å². The molecule has 218 valence electrons. The van der Waals surface area contributed by atoms with Gasteiger partial charge < -0.3 is 10.2 Å². The minimum Gasteiger partial charge on any atom is -0.349 e. The van der Waals surface area contributed by atoms with Crippen LogP contribution in [-0.4, -0.2) is 38.8 Å². The van der Waals surface area contributed by atoms with Gasteiger partial charge in [-0.3, -0.25) is 19.6 Å². The Morgan fingerprint density at radius 3 is 2.40 bits per heavy atom. The van der Waals surface area contributed by atoms with E-state index in [9.17, 15) is 9.59 Å². The minimum absolute atomic E-state index is 0.0183. The van der Waals surface area contributed by atoms with E-state index in [1.54, 1.807) is 49.1 Å². The number of aromatic nitrogens is 2. The molecule has 0 unspecified atom stereocenters. The number of amides is 2. The number of carbonyl (C=O) groups excluding carboxylic acids is 2. The van der Waals surface area contributed by atoms with Crippen LogP contribution in [0.5, 0.6) is 0 Å². The van der Waals surface area contributed by atoms with Crippen molar-refractivity contribution < 1.29 is 9.59 Å². The molecule has 0 radical (unpaired) electrons. The molecule has 2 amide bonds. The number of nitrogens with zero attached hydrogens (tertiary/aromatic N) is 3. The summed E-state index contributed by atoms with van der Waals surface area (Å²) in [7, 11) is 0. The SMILES string of the molecule is O=C(NC1CCC(N(Cc2cccc(-c3ccncc3)c2)C(=O)c2sc3c(Cl)c(Cl)ccc3c2Cl)CC1)c1cccnc1. The molecule has 10 heteroatoms. The van der Waals surface area contributed by atoms with Crippen LogP contribution in [-0.2, 0) is 6.54 Å². The van der Waals surface area contributed by atoms with Crippen molar-refractivity contribution in [2.24, 2.45) is 0 Å². The molecule has 5 aromatic rings. The van der Waals surface area contributed by atoms with Crippen molar-refractivity contribution in [2.45, 2.75) is 44.3 Å². The van der Waals surface area contributed by atoms with Gasteiger partial charge in [0.15, 0.2) is 0 Å². The highest BCUT2D eigenvalue weighted by atomic mass is 35.5. The van der Waals surface area contributed by atoms with Gasteiger partial charge in [0, 0.05) is 48.8 Å². The normalized spacial score (nSPS) is 16.6. The fraction of sp³-hybridized carbons (Fsp3) is 0.212. The van der Waals surface area contributed by atoms with E-state index in [4.69, 9.17) is 34.8 Å². The first-order chi connectivity index (χ1) is 20.9. The second kappa shape index (κ2) is 13.0. The van der Waals surface area contributed by atoms with E-state index in [-0.39, 0.29) is 23.9 Å². The largest absolute Gasteiger partial charge is 0.349 e. The number of pyridine rings is 2. The summed E-state index contributed by atoms with van der Waals surface area (Å²) in [6.07, 6.45) is 9.72. The first-order valence-electron chi connectivity index (χ1n) is 14.0. The van der Waals surface area contributed by atoms with Crippen molar-refractivity contribution in [3.8, 4) is 11.1 Å². The molecule has 6 rings (SSSR count). The van der Waals surface area contributed by atoms with Gasteiger partial charge in [-0.2, -0.15) is 0 Å². The van der Waals surface area contributed by atoms with Crippen molar-refractivity contribution in [1.82, 2.24) is 20.2 Å². The summed E-state index contributed by atoms with van der Waals surface area (Å²) in [4.78, 5) is 37.6. The summed E-state index contributed by atoms with van der Waals surface area (Å²) >= 11 is 20.9. The van der Waals surface area contributed by atoms with E-state index in [0.717, 1.165) is 42.4 Å². The summed E-state index contributed by atoms with van der Waals surface area (Å²) in [6.45, 7) is 0.411. The molecule has 1 N–H and O–H groups in total. The average molecular weight is 650 g/mol. The molecule has 0 aliphatic heterocycles. The lowest BCUT2D eigenvalue weighted by atomic mass is 9.89. The fourth-order valence-electron chi connectivity index (χ4n) is 5.60. The molecule has 6 nitrogen and oxygen atoms in total. The molecular formula is C33H27Cl3N4O2S. The molecule has 0 bridgehead atoms. The van der Waals surface area contributed by atoms with Crippen LogP contribution < -0.4 is 5.32 Å². The number of fused-ring (bicyclic) bond motifs is 1. The average Bonchev–Trinajstić information content (AvgIpc) is 3.39. The molecule has 43 heavy (non-hydrogen) atoms. The topological polar surface area (TPSA) is 75.2 Å². The van der Waals surface area contributed by atoms with Crippen LogP contribution in [0.1, 0.15) is 51.3 Å². The molecule has 1 saturated carbocycles. The Balaban J connectivity index is 1.27. The van der Waals surface area contributed by atoms with Gasteiger partial charge in [-0.05, 0) is 78.8 Å². The van der Waals surface area contributed by atoms with Gasteiger partial charge >= 0.3 is 0 Å². The van der Waals surface area contributed by atoms with E-state index in [0.29, 0.717) is 42.1 Å². The maximum Gasteiger partial charge on any atom is 0.266 e. The van der Waals surface area contributed by atoms with Crippen molar-refractivity contribution in [1.29, 1.82) is 0 Å². The number of halogens is 3. The van der Waals surface area contributed by atoms with Gasteiger partial charge in [0.2, 0.25) is 0 Å². The predicted octanol–water partition coefficient (Wildman–Crippen LogP) is 8.70. The molecule has 1 aliphatic carbocycles. The fourth-order valence-corrected chi connectivity index (χ4v) is 7.59. The summed E-state index contributed by atoms with van der Waals surface area (Å²) in [5.41, 5.74) is 3.65. The summed E-state index contributed by atoms with van der Waals surface area (Å²) in [5.74, 6) is -0.277. The van der Waals surface area contributed by atoms with Crippen LogP contribution in [0.25, 0.3) is 21.2 Å². The third-order valence-electron chi connectivity index (χ3n) is 7.84. The van der Waals surface area contributed by atoms with E-state index >= 15 is 0 Å². The lowest BCUT2D eigenvalue weighted by molar-refractivity contribution is 0.0597.